The Balaban J connectivity index is 2.20. The highest BCUT2D eigenvalue weighted by Gasteiger charge is 2.30. The van der Waals surface area contributed by atoms with Crippen molar-refractivity contribution < 1.29 is 0 Å². The molecule has 1 atom stereocenters. The summed E-state index contributed by atoms with van der Waals surface area (Å²) in [6.45, 7) is 8.51. The molecule has 0 bridgehead atoms. The van der Waals surface area contributed by atoms with Crippen molar-refractivity contribution >= 4 is 22.5 Å². The highest BCUT2D eigenvalue weighted by atomic mass is 35.5. The first-order chi connectivity index (χ1) is 10.9. The molecule has 3 heteroatoms. The van der Waals surface area contributed by atoms with E-state index in [0.717, 1.165) is 28.7 Å². The molecule has 0 amide bonds. The number of hydrogen-bond donors (Lipinski definition) is 0. The van der Waals surface area contributed by atoms with Crippen LogP contribution in [0.15, 0.2) is 42.6 Å². The molecular formula is C20H21ClN2. The maximum absolute atomic E-state index is 6.41. The van der Waals surface area contributed by atoms with Crippen LogP contribution in [0.3, 0.4) is 0 Å². The molecule has 118 valence electrons. The summed E-state index contributed by atoms with van der Waals surface area (Å²) in [5.41, 5.74) is 4.21. The summed E-state index contributed by atoms with van der Waals surface area (Å²) in [7, 11) is 0. The van der Waals surface area contributed by atoms with Crippen LogP contribution in [0, 0.1) is 13.8 Å². The summed E-state index contributed by atoms with van der Waals surface area (Å²) in [6, 6.07) is 12.6. The summed E-state index contributed by atoms with van der Waals surface area (Å²) in [5, 5.41) is 1.67. The Morgan fingerprint density at radius 1 is 1.09 bits per heavy atom. The highest BCUT2D eigenvalue weighted by molar-refractivity contribution is 6.35. The molecule has 0 saturated heterocycles. The number of hydrogen-bond acceptors (Lipinski definition) is 2. The minimum absolute atomic E-state index is 0.228. The van der Waals surface area contributed by atoms with Crippen LogP contribution in [0.1, 0.15) is 42.8 Å². The van der Waals surface area contributed by atoms with Gasteiger partial charge in [-0.3, -0.25) is 0 Å². The maximum Gasteiger partial charge on any atom is 0.139 e. The number of rotatable bonds is 3. The first-order valence-electron chi connectivity index (χ1n) is 7.94. The van der Waals surface area contributed by atoms with Crippen molar-refractivity contribution in [3.8, 4) is 0 Å². The molecule has 1 aromatic heterocycles. The monoisotopic (exact) mass is 324 g/mol. The highest BCUT2D eigenvalue weighted by Crippen LogP contribution is 2.35. The second kappa shape index (κ2) is 5.93. The van der Waals surface area contributed by atoms with E-state index in [1.54, 1.807) is 0 Å². The molecule has 0 aliphatic carbocycles. The van der Waals surface area contributed by atoms with Crippen LogP contribution in [0.4, 0.5) is 0 Å². The van der Waals surface area contributed by atoms with Crippen molar-refractivity contribution in [2.45, 2.75) is 39.5 Å². The first kappa shape index (κ1) is 15.9. The van der Waals surface area contributed by atoms with Crippen molar-refractivity contribution in [1.82, 2.24) is 9.97 Å². The van der Waals surface area contributed by atoms with E-state index in [4.69, 9.17) is 16.6 Å². The average Bonchev–Trinajstić information content (AvgIpc) is 2.53. The van der Waals surface area contributed by atoms with Gasteiger partial charge in [0.1, 0.15) is 5.82 Å². The molecule has 3 aromatic rings. The van der Waals surface area contributed by atoms with Crippen LogP contribution in [0.2, 0.25) is 5.02 Å². The molecular weight excluding hydrogens is 304 g/mol. The molecule has 2 nitrogen and oxygen atoms in total. The van der Waals surface area contributed by atoms with Gasteiger partial charge in [0.2, 0.25) is 0 Å². The van der Waals surface area contributed by atoms with E-state index < -0.39 is 0 Å². The van der Waals surface area contributed by atoms with E-state index in [9.17, 15) is 0 Å². The van der Waals surface area contributed by atoms with Gasteiger partial charge < -0.3 is 0 Å². The third-order valence-electron chi connectivity index (χ3n) is 4.64. The molecule has 1 heterocycles. The van der Waals surface area contributed by atoms with E-state index >= 15 is 0 Å². The molecule has 23 heavy (non-hydrogen) atoms. The van der Waals surface area contributed by atoms with E-state index in [2.05, 4.69) is 56.1 Å². The summed E-state index contributed by atoms with van der Waals surface area (Å²) in [6.07, 6.45) is 2.81. The molecule has 2 aromatic carbocycles. The van der Waals surface area contributed by atoms with Crippen molar-refractivity contribution in [1.29, 1.82) is 0 Å². The number of fused-ring (bicyclic) bond motifs is 1. The fraction of sp³-hybridized carbons (Fsp3) is 0.300. The van der Waals surface area contributed by atoms with Gasteiger partial charge in [-0.05, 0) is 50.5 Å². The van der Waals surface area contributed by atoms with Gasteiger partial charge in [0.05, 0.1) is 16.0 Å². The van der Waals surface area contributed by atoms with Gasteiger partial charge >= 0.3 is 0 Å². The van der Waals surface area contributed by atoms with E-state index in [1.165, 1.54) is 11.1 Å². The van der Waals surface area contributed by atoms with Crippen LogP contribution in [-0.4, -0.2) is 9.97 Å². The van der Waals surface area contributed by atoms with Gasteiger partial charge in [-0.15, -0.1) is 0 Å². The van der Waals surface area contributed by atoms with Crippen LogP contribution in [0.5, 0.6) is 0 Å². The van der Waals surface area contributed by atoms with Crippen molar-refractivity contribution in [3.05, 3.63) is 70.1 Å². The zero-order valence-electron chi connectivity index (χ0n) is 14.0. The number of halogens is 1. The Hall–Kier alpha value is -1.93. The fourth-order valence-electron chi connectivity index (χ4n) is 2.99. The summed E-state index contributed by atoms with van der Waals surface area (Å²) in [4.78, 5) is 9.49. The summed E-state index contributed by atoms with van der Waals surface area (Å²) >= 11 is 6.41. The van der Waals surface area contributed by atoms with Gasteiger partial charge in [0.15, 0.2) is 0 Å². The Morgan fingerprint density at radius 3 is 2.57 bits per heavy atom. The molecule has 1 unspecified atom stereocenters. The molecule has 0 saturated carbocycles. The lowest BCUT2D eigenvalue weighted by Gasteiger charge is -2.28. The molecule has 3 rings (SSSR count). The standard InChI is InChI=1S/C20H21ClN2/c1-5-20(4,16-8-6-7-13(2)10-16)19-22-12-15-9-14(3)11-17(21)18(15)23-19/h6-12H,5H2,1-4H3. The predicted octanol–water partition coefficient (Wildman–Crippen LogP) is 5.62. The van der Waals surface area contributed by atoms with Gasteiger partial charge in [-0.25, -0.2) is 9.97 Å². The SMILES string of the molecule is CCC(C)(c1cccc(C)c1)c1ncc2cc(C)cc(Cl)c2n1. The average molecular weight is 325 g/mol. The van der Waals surface area contributed by atoms with Crippen LogP contribution < -0.4 is 0 Å². The first-order valence-corrected chi connectivity index (χ1v) is 8.32. The second-order valence-electron chi connectivity index (χ2n) is 6.43. The summed E-state index contributed by atoms with van der Waals surface area (Å²) < 4.78 is 0. The molecule has 0 fully saturated rings. The zero-order chi connectivity index (χ0) is 16.6. The quantitative estimate of drug-likeness (QED) is 0.625. The third-order valence-corrected chi connectivity index (χ3v) is 4.92. The molecule has 0 radical (unpaired) electrons. The van der Waals surface area contributed by atoms with Crippen molar-refractivity contribution in [2.75, 3.05) is 0 Å². The molecule has 0 aliphatic heterocycles. The lowest BCUT2D eigenvalue weighted by molar-refractivity contribution is 0.515. The van der Waals surface area contributed by atoms with Gasteiger partial charge in [-0.1, -0.05) is 48.4 Å². The molecule has 0 N–H and O–H groups in total. The topological polar surface area (TPSA) is 25.8 Å². The predicted molar refractivity (Wildman–Crippen MR) is 97.2 cm³/mol. The van der Waals surface area contributed by atoms with Crippen LogP contribution >= 0.6 is 11.6 Å². The van der Waals surface area contributed by atoms with E-state index in [-0.39, 0.29) is 5.41 Å². The Labute approximate surface area is 142 Å². The second-order valence-corrected chi connectivity index (χ2v) is 6.84. The van der Waals surface area contributed by atoms with Gasteiger partial charge in [0.25, 0.3) is 0 Å². The number of aromatic nitrogens is 2. The summed E-state index contributed by atoms with van der Waals surface area (Å²) in [5.74, 6) is 0.823. The van der Waals surface area contributed by atoms with Gasteiger partial charge in [0, 0.05) is 11.6 Å². The zero-order valence-corrected chi connectivity index (χ0v) is 14.8. The molecule has 0 spiro atoms. The normalized spacial score (nSPS) is 14.0. The smallest absolute Gasteiger partial charge is 0.139 e. The number of nitrogens with zero attached hydrogens (tertiary/aromatic N) is 2. The van der Waals surface area contributed by atoms with Crippen molar-refractivity contribution in [2.24, 2.45) is 0 Å². The maximum atomic E-state index is 6.41. The largest absolute Gasteiger partial charge is 0.240 e. The Kier molecular flexibility index (Phi) is 4.11. The minimum atomic E-state index is -0.228. The van der Waals surface area contributed by atoms with Crippen molar-refractivity contribution in [3.63, 3.8) is 0 Å². The minimum Gasteiger partial charge on any atom is -0.240 e. The van der Waals surface area contributed by atoms with Crippen LogP contribution in [0.25, 0.3) is 10.9 Å². The Bertz CT molecular complexity index is 873. The van der Waals surface area contributed by atoms with Gasteiger partial charge in [-0.2, -0.15) is 0 Å². The third kappa shape index (κ3) is 2.84. The van der Waals surface area contributed by atoms with E-state index in [0.29, 0.717) is 5.02 Å². The number of benzene rings is 2. The molecule has 0 aliphatic rings. The van der Waals surface area contributed by atoms with E-state index in [1.807, 2.05) is 19.2 Å². The fourth-order valence-corrected chi connectivity index (χ4v) is 3.31. The Morgan fingerprint density at radius 2 is 1.87 bits per heavy atom. The van der Waals surface area contributed by atoms with Crippen LogP contribution in [-0.2, 0) is 5.41 Å². The number of aryl methyl sites for hydroxylation is 2. The lowest BCUT2D eigenvalue weighted by atomic mass is 9.78. The lowest BCUT2D eigenvalue weighted by Crippen LogP contribution is -2.25.